The van der Waals surface area contributed by atoms with E-state index in [-0.39, 0.29) is 0 Å². The highest BCUT2D eigenvalue weighted by atomic mass is 32.1. The Hall–Kier alpha value is -7.98. The molecule has 0 bridgehead atoms. The van der Waals surface area contributed by atoms with Crippen molar-refractivity contribution < 1.29 is 0 Å². The molecule has 2 aromatic heterocycles. The summed E-state index contributed by atoms with van der Waals surface area (Å²) < 4.78 is 5.06. The van der Waals surface area contributed by atoms with Crippen LogP contribution in [-0.2, 0) is 0 Å². The molecule has 0 amide bonds. The van der Waals surface area contributed by atoms with Crippen LogP contribution in [0.2, 0.25) is 0 Å². The van der Waals surface area contributed by atoms with Crippen molar-refractivity contribution in [2.75, 3.05) is 4.90 Å². The fraction of sp³-hybridized carbons (Fsp3) is 0. The molecule has 12 rings (SSSR count). The van der Waals surface area contributed by atoms with Gasteiger partial charge < -0.3 is 9.47 Å². The van der Waals surface area contributed by atoms with E-state index >= 15 is 0 Å². The van der Waals surface area contributed by atoms with Gasteiger partial charge in [0, 0.05) is 53.7 Å². The molecule has 0 aliphatic heterocycles. The zero-order valence-corrected chi connectivity index (χ0v) is 35.2. The second-order valence-corrected chi connectivity index (χ2v) is 17.2. The van der Waals surface area contributed by atoms with Gasteiger partial charge in [0.15, 0.2) is 0 Å². The zero-order valence-electron chi connectivity index (χ0n) is 34.4. The van der Waals surface area contributed by atoms with Crippen LogP contribution in [0.25, 0.3) is 92.2 Å². The van der Waals surface area contributed by atoms with Gasteiger partial charge in [0.1, 0.15) is 0 Å². The third-order valence-electron chi connectivity index (χ3n) is 12.4. The molecule has 0 atom stereocenters. The lowest BCUT2D eigenvalue weighted by Gasteiger charge is -2.26. The molecule has 0 N–H and O–H groups in total. The number of hydrogen-bond donors (Lipinski definition) is 0. The van der Waals surface area contributed by atoms with E-state index in [2.05, 4.69) is 252 Å². The quantitative estimate of drug-likeness (QED) is 0.148. The molecule has 10 aromatic carbocycles. The molecule has 2 heterocycles. The first-order chi connectivity index (χ1) is 31.2. The van der Waals surface area contributed by atoms with Gasteiger partial charge in [-0.2, -0.15) is 0 Å². The maximum atomic E-state index is 2.41. The summed E-state index contributed by atoms with van der Waals surface area (Å²) in [5.41, 5.74) is 16.5. The van der Waals surface area contributed by atoms with Crippen molar-refractivity contribution in [2.45, 2.75) is 0 Å². The Balaban J connectivity index is 0.957. The first kappa shape index (κ1) is 36.8. The second-order valence-electron chi connectivity index (χ2n) is 16.1. The van der Waals surface area contributed by atoms with Crippen LogP contribution in [0.15, 0.2) is 243 Å². The SMILES string of the molecule is c1ccc(-c2ccc(N(c3ccc(-c4ccccc4)cc3)c3ccc(-c4ccc5c(c4)c4cc(-c6cccc7c6sc6ccccc67)ccc4n5-c4ccccc4)cc3)cc2)cc1. The van der Waals surface area contributed by atoms with Gasteiger partial charge in [0.05, 0.1) is 11.0 Å². The summed E-state index contributed by atoms with van der Waals surface area (Å²) in [4.78, 5) is 2.35. The Morgan fingerprint density at radius 1 is 0.302 bits per heavy atom. The highest BCUT2D eigenvalue weighted by Crippen LogP contribution is 2.43. The summed E-state index contributed by atoms with van der Waals surface area (Å²) in [7, 11) is 0. The molecule has 0 radical (unpaired) electrons. The highest BCUT2D eigenvalue weighted by Gasteiger charge is 2.18. The lowest BCUT2D eigenvalue weighted by atomic mass is 9.99. The second kappa shape index (κ2) is 15.5. The van der Waals surface area contributed by atoms with Gasteiger partial charge in [0.25, 0.3) is 0 Å². The van der Waals surface area contributed by atoms with Crippen LogP contribution in [0.1, 0.15) is 0 Å². The minimum Gasteiger partial charge on any atom is -0.311 e. The van der Waals surface area contributed by atoms with Crippen molar-refractivity contribution in [1.82, 2.24) is 4.57 Å². The summed E-state index contributed by atoms with van der Waals surface area (Å²) in [6.07, 6.45) is 0. The van der Waals surface area contributed by atoms with Crippen molar-refractivity contribution >= 4 is 70.4 Å². The van der Waals surface area contributed by atoms with E-state index in [0.29, 0.717) is 0 Å². The lowest BCUT2D eigenvalue weighted by molar-refractivity contribution is 1.18. The molecule has 0 aliphatic carbocycles. The number of nitrogens with zero attached hydrogens (tertiary/aromatic N) is 2. The molecule has 3 heteroatoms. The van der Waals surface area contributed by atoms with Crippen LogP contribution in [0, 0.1) is 0 Å². The smallest absolute Gasteiger partial charge is 0.0541 e. The summed E-state index contributed by atoms with van der Waals surface area (Å²) in [6, 6.07) is 88.2. The number of rotatable bonds is 8. The number of benzene rings is 10. The van der Waals surface area contributed by atoms with Gasteiger partial charge in [0.2, 0.25) is 0 Å². The van der Waals surface area contributed by atoms with E-state index in [1.165, 1.54) is 86.5 Å². The van der Waals surface area contributed by atoms with Crippen LogP contribution in [0.5, 0.6) is 0 Å². The minimum atomic E-state index is 1.10. The normalized spacial score (nSPS) is 11.5. The van der Waals surface area contributed by atoms with Crippen LogP contribution >= 0.6 is 11.3 Å². The van der Waals surface area contributed by atoms with Gasteiger partial charge in [-0.1, -0.05) is 164 Å². The lowest BCUT2D eigenvalue weighted by Crippen LogP contribution is -2.09. The van der Waals surface area contributed by atoms with Crippen molar-refractivity contribution in [3.63, 3.8) is 0 Å². The average Bonchev–Trinajstić information content (AvgIpc) is 3.91. The maximum Gasteiger partial charge on any atom is 0.0541 e. The van der Waals surface area contributed by atoms with Crippen LogP contribution in [0.4, 0.5) is 17.1 Å². The molecule has 2 nitrogen and oxygen atoms in total. The molecular formula is C60H40N2S. The van der Waals surface area contributed by atoms with E-state index in [0.717, 1.165) is 22.7 Å². The number of aromatic nitrogens is 1. The first-order valence-electron chi connectivity index (χ1n) is 21.5. The van der Waals surface area contributed by atoms with E-state index in [9.17, 15) is 0 Å². The van der Waals surface area contributed by atoms with Crippen molar-refractivity contribution in [3.05, 3.63) is 243 Å². The van der Waals surface area contributed by atoms with Crippen LogP contribution in [-0.4, -0.2) is 4.57 Å². The topological polar surface area (TPSA) is 8.17 Å². The molecule has 0 aliphatic rings. The van der Waals surface area contributed by atoms with Gasteiger partial charge >= 0.3 is 0 Å². The predicted octanol–water partition coefficient (Wildman–Crippen LogP) is 17.3. The third-order valence-corrected chi connectivity index (χ3v) is 13.6. The fourth-order valence-corrected chi connectivity index (χ4v) is 10.6. The average molecular weight is 821 g/mol. The standard InChI is InChI=1S/C60H40N2S/c1-4-13-41(14-5-1)43-23-31-49(32-24-43)61(50-33-25-44(26-34-50)42-15-6-2-7-16-42)51-35-27-45(28-36-51)46-29-37-57-55(39-46)56-40-47(30-38-58(56)62(57)48-17-8-3-9-18-48)52-20-12-21-54-53-19-10-11-22-59(53)63-60(52)54/h1-40H. The monoisotopic (exact) mass is 820 g/mol. The summed E-state index contributed by atoms with van der Waals surface area (Å²) >= 11 is 1.88. The minimum absolute atomic E-state index is 1.10. The Morgan fingerprint density at radius 2 is 0.730 bits per heavy atom. The number of para-hydroxylation sites is 1. The third kappa shape index (κ3) is 6.58. The van der Waals surface area contributed by atoms with E-state index in [1.807, 2.05) is 11.3 Å². The van der Waals surface area contributed by atoms with Crippen molar-refractivity contribution in [1.29, 1.82) is 0 Å². The summed E-state index contributed by atoms with van der Waals surface area (Å²) in [5, 5.41) is 5.12. The molecular weight excluding hydrogens is 781 g/mol. The van der Waals surface area contributed by atoms with Crippen molar-refractivity contribution in [3.8, 4) is 50.2 Å². The predicted molar refractivity (Wildman–Crippen MR) is 270 cm³/mol. The Kier molecular flexibility index (Phi) is 9.06. The number of thiophene rings is 1. The van der Waals surface area contributed by atoms with E-state index < -0.39 is 0 Å². The molecule has 12 aromatic rings. The van der Waals surface area contributed by atoms with E-state index in [4.69, 9.17) is 0 Å². The van der Waals surface area contributed by atoms with Crippen LogP contribution < -0.4 is 4.90 Å². The highest BCUT2D eigenvalue weighted by molar-refractivity contribution is 7.26. The molecule has 0 unspecified atom stereocenters. The molecule has 0 spiro atoms. The molecule has 0 saturated heterocycles. The first-order valence-corrected chi connectivity index (χ1v) is 22.3. The molecule has 0 fully saturated rings. The number of fused-ring (bicyclic) bond motifs is 6. The zero-order chi connectivity index (χ0) is 41.7. The van der Waals surface area contributed by atoms with Gasteiger partial charge in [-0.3, -0.25) is 0 Å². The van der Waals surface area contributed by atoms with Gasteiger partial charge in [-0.25, -0.2) is 0 Å². The van der Waals surface area contributed by atoms with Gasteiger partial charge in [-0.15, -0.1) is 11.3 Å². The maximum absolute atomic E-state index is 2.41. The molecule has 0 saturated carbocycles. The number of anilines is 3. The summed E-state index contributed by atoms with van der Waals surface area (Å²) in [6.45, 7) is 0. The fourth-order valence-electron chi connectivity index (χ4n) is 9.32. The Morgan fingerprint density at radius 3 is 1.30 bits per heavy atom. The molecule has 63 heavy (non-hydrogen) atoms. The Labute approximate surface area is 370 Å². The number of hydrogen-bond acceptors (Lipinski definition) is 2. The molecule has 296 valence electrons. The van der Waals surface area contributed by atoms with Crippen LogP contribution in [0.3, 0.4) is 0 Å². The largest absolute Gasteiger partial charge is 0.311 e. The van der Waals surface area contributed by atoms with Crippen molar-refractivity contribution in [2.24, 2.45) is 0 Å². The van der Waals surface area contributed by atoms with E-state index in [1.54, 1.807) is 0 Å². The Bertz CT molecular complexity index is 3490. The van der Waals surface area contributed by atoms with Gasteiger partial charge in [-0.05, 0) is 123 Å². The summed E-state index contributed by atoms with van der Waals surface area (Å²) in [5.74, 6) is 0.